The summed E-state index contributed by atoms with van der Waals surface area (Å²) in [6.07, 6.45) is 0. The van der Waals surface area contributed by atoms with Crippen LogP contribution < -0.4 is 5.73 Å². The third-order valence-corrected chi connectivity index (χ3v) is 2.57. The van der Waals surface area contributed by atoms with Crippen molar-refractivity contribution < 1.29 is 10.0 Å². The monoisotopic (exact) mass is 235 g/mol. The lowest BCUT2D eigenvalue weighted by Gasteiger charge is -2.20. The fraction of sp³-hybridized carbons (Fsp3) is 0.333. The zero-order valence-electron chi connectivity index (χ0n) is 10.00. The van der Waals surface area contributed by atoms with Crippen molar-refractivity contribution in [3.63, 3.8) is 0 Å². The van der Waals surface area contributed by atoms with E-state index >= 15 is 0 Å². The van der Waals surface area contributed by atoms with Crippen molar-refractivity contribution >= 4 is 11.7 Å². The molecule has 0 radical (unpaired) electrons. The van der Waals surface area contributed by atoms with Crippen molar-refractivity contribution in [2.24, 2.45) is 16.8 Å². The lowest BCUT2D eigenvalue weighted by atomic mass is 10.1. The fourth-order valence-corrected chi connectivity index (χ4v) is 1.48. The second-order valence-electron chi connectivity index (χ2n) is 3.93. The molecule has 1 amide bonds. The molecular weight excluding hydrogens is 218 g/mol. The largest absolute Gasteiger partial charge is 0.409 e. The van der Waals surface area contributed by atoms with Gasteiger partial charge < -0.3 is 15.8 Å². The Balaban J connectivity index is 2.65. The number of rotatable bonds is 4. The first-order valence-electron chi connectivity index (χ1n) is 5.32. The van der Waals surface area contributed by atoms with Gasteiger partial charge in [0.05, 0.1) is 5.92 Å². The van der Waals surface area contributed by atoms with E-state index in [1.54, 1.807) is 18.9 Å². The maximum absolute atomic E-state index is 11.9. The first-order chi connectivity index (χ1) is 8.06. The number of benzene rings is 1. The molecule has 0 aliphatic rings. The first kappa shape index (κ1) is 13.0. The Kier molecular flexibility index (Phi) is 4.51. The van der Waals surface area contributed by atoms with Crippen LogP contribution in [0.5, 0.6) is 0 Å². The molecule has 17 heavy (non-hydrogen) atoms. The number of oxime groups is 1. The van der Waals surface area contributed by atoms with Crippen LogP contribution in [0.25, 0.3) is 0 Å². The van der Waals surface area contributed by atoms with E-state index < -0.39 is 5.92 Å². The zero-order valence-corrected chi connectivity index (χ0v) is 10.00. The summed E-state index contributed by atoms with van der Waals surface area (Å²) in [5.41, 5.74) is 6.44. The molecule has 0 spiro atoms. The molecule has 1 aromatic carbocycles. The number of nitrogens with two attached hydrogens (primary N) is 1. The van der Waals surface area contributed by atoms with Crippen molar-refractivity contribution in [3.8, 4) is 0 Å². The minimum Gasteiger partial charge on any atom is -0.409 e. The maximum Gasteiger partial charge on any atom is 0.233 e. The number of carbonyl (C=O) groups is 1. The van der Waals surface area contributed by atoms with Gasteiger partial charge in [-0.25, -0.2) is 0 Å². The lowest BCUT2D eigenvalue weighted by molar-refractivity contribution is -0.132. The van der Waals surface area contributed by atoms with E-state index in [-0.39, 0.29) is 11.7 Å². The van der Waals surface area contributed by atoms with Gasteiger partial charge in [-0.05, 0) is 12.5 Å². The van der Waals surface area contributed by atoms with Crippen LogP contribution in [0.2, 0.25) is 0 Å². The maximum atomic E-state index is 11.9. The molecule has 5 heteroatoms. The summed E-state index contributed by atoms with van der Waals surface area (Å²) in [6.45, 7) is 2.11. The molecule has 0 bridgehead atoms. The van der Waals surface area contributed by atoms with E-state index in [2.05, 4.69) is 5.16 Å². The van der Waals surface area contributed by atoms with Crippen molar-refractivity contribution in [2.45, 2.75) is 13.5 Å². The predicted molar refractivity (Wildman–Crippen MR) is 65.5 cm³/mol. The molecule has 0 saturated heterocycles. The summed E-state index contributed by atoms with van der Waals surface area (Å²) in [5, 5.41) is 11.4. The standard InChI is InChI=1S/C12H17N3O2/c1-9(11(13)14-17)12(16)15(2)8-10-6-4-3-5-7-10/h3-7,9,17H,8H2,1-2H3,(H2,13,14). The topological polar surface area (TPSA) is 78.9 Å². The van der Waals surface area contributed by atoms with Gasteiger partial charge in [0, 0.05) is 13.6 Å². The van der Waals surface area contributed by atoms with E-state index in [0.717, 1.165) is 5.56 Å². The summed E-state index contributed by atoms with van der Waals surface area (Å²) in [7, 11) is 1.69. The van der Waals surface area contributed by atoms with Gasteiger partial charge in [0.1, 0.15) is 0 Å². The molecule has 0 fully saturated rings. The summed E-state index contributed by atoms with van der Waals surface area (Å²) in [5.74, 6) is -0.868. The average molecular weight is 235 g/mol. The van der Waals surface area contributed by atoms with Gasteiger partial charge in [0.25, 0.3) is 0 Å². The Morgan fingerprint density at radius 3 is 2.59 bits per heavy atom. The average Bonchev–Trinajstić information content (AvgIpc) is 2.37. The highest BCUT2D eigenvalue weighted by Gasteiger charge is 2.21. The first-order valence-corrected chi connectivity index (χ1v) is 5.32. The molecular formula is C12H17N3O2. The van der Waals surface area contributed by atoms with Crippen LogP contribution in [0.4, 0.5) is 0 Å². The molecule has 1 unspecified atom stereocenters. The van der Waals surface area contributed by atoms with Crippen molar-refractivity contribution in [1.29, 1.82) is 0 Å². The van der Waals surface area contributed by atoms with Gasteiger partial charge in [-0.3, -0.25) is 4.79 Å². The van der Waals surface area contributed by atoms with Crippen LogP contribution in [-0.2, 0) is 11.3 Å². The molecule has 0 heterocycles. The molecule has 3 N–H and O–H groups in total. The van der Waals surface area contributed by atoms with Gasteiger partial charge in [0.15, 0.2) is 5.84 Å². The number of hydrogen-bond acceptors (Lipinski definition) is 3. The fourth-order valence-electron chi connectivity index (χ4n) is 1.48. The lowest BCUT2D eigenvalue weighted by Crippen LogP contribution is -2.38. The van der Waals surface area contributed by atoms with E-state index in [1.807, 2.05) is 30.3 Å². The van der Waals surface area contributed by atoms with Gasteiger partial charge in [-0.1, -0.05) is 35.5 Å². The third-order valence-electron chi connectivity index (χ3n) is 2.57. The van der Waals surface area contributed by atoms with E-state index in [9.17, 15) is 4.79 Å². The SMILES string of the molecule is CC(C(=O)N(C)Cc1ccccc1)C(N)=NO. The van der Waals surface area contributed by atoms with Crippen LogP contribution in [0.15, 0.2) is 35.5 Å². The highest BCUT2D eigenvalue weighted by Crippen LogP contribution is 2.07. The Morgan fingerprint density at radius 1 is 1.47 bits per heavy atom. The highest BCUT2D eigenvalue weighted by molar-refractivity contribution is 6.01. The molecule has 5 nitrogen and oxygen atoms in total. The van der Waals surface area contributed by atoms with Crippen LogP contribution in [0, 0.1) is 5.92 Å². The van der Waals surface area contributed by atoms with Crippen LogP contribution in [0.1, 0.15) is 12.5 Å². The van der Waals surface area contributed by atoms with Crippen LogP contribution >= 0.6 is 0 Å². The minimum absolute atomic E-state index is 0.0742. The molecule has 1 rings (SSSR count). The van der Waals surface area contributed by atoms with Gasteiger partial charge in [0.2, 0.25) is 5.91 Å². The second-order valence-corrected chi connectivity index (χ2v) is 3.93. The Bertz CT molecular complexity index is 403. The minimum atomic E-state index is -0.617. The Hall–Kier alpha value is -2.04. The van der Waals surface area contributed by atoms with E-state index in [0.29, 0.717) is 6.54 Å². The van der Waals surface area contributed by atoms with Crippen LogP contribution in [0.3, 0.4) is 0 Å². The number of carbonyl (C=O) groups excluding carboxylic acids is 1. The van der Waals surface area contributed by atoms with E-state index in [4.69, 9.17) is 10.9 Å². The predicted octanol–water partition coefficient (Wildman–Crippen LogP) is 1.03. The molecule has 1 atom stereocenters. The second kappa shape index (κ2) is 5.89. The quantitative estimate of drug-likeness (QED) is 0.354. The summed E-state index contributed by atoms with van der Waals surface area (Å²) in [4.78, 5) is 13.5. The highest BCUT2D eigenvalue weighted by atomic mass is 16.4. The molecule has 0 saturated carbocycles. The number of amides is 1. The zero-order chi connectivity index (χ0) is 12.8. The van der Waals surface area contributed by atoms with Gasteiger partial charge >= 0.3 is 0 Å². The molecule has 92 valence electrons. The molecule has 1 aromatic rings. The third kappa shape index (κ3) is 3.48. The normalized spacial score (nSPS) is 13.2. The van der Waals surface area contributed by atoms with Crippen molar-refractivity contribution in [2.75, 3.05) is 7.05 Å². The molecule has 0 aliphatic carbocycles. The smallest absolute Gasteiger partial charge is 0.233 e. The summed E-state index contributed by atoms with van der Waals surface area (Å²) >= 11 is 0. The van der Waals surface area contributed by atoms with Crippen molar-refractivity contribution in [1.82, 2.24) is 4.90 Å². The van der Waals surface area contributed by atoms with E-state index in [1.165, 1.54) is 0 Å². The van der Waals surface area contributed by atoms with Gasteiger partial charge in [-0.15, -0.1) is 0 Å². The molecule has 0 aromatic heterocycles. The van der Waals surface area contributed by atoms with Crippen LogP contribution in [-0.4, -0.2) is 28.9 Å². The number of amidine groups is 1. The Labute approximate surface area is 101 Å². The Morgan fingerprint density at radius 2 is 2.06 bits per heavy atom. The summed E-state index contributed by atoms with van der Waals surface area (Å²) < 4.78 is 0. The van der Waals surface area contributed by atoms with Crippen molar-refractivity contribution in [3.05, 3.63) is 35.9 Å². The number of nitrogens with zero attached hydrogens (tertiary/aromatic N) is 2. The summed E-state index contributed by atoms with van der Waals surface area (Å²) in [6, 6.07) is 9.64. The van der Waals surface area contributed by atoms with Gasteiger partial charge in [-0.2, -0.15) is 0 Å². The number of hydrogen-bond donors (Lipinski definition) is 2. The molecule has 0 aliphatic heterocycles.